The van der Waals surface area contributed by atoms with Gasteiger partial charge in [-0.2, -0.15) is 0 Å². The van der Waals surface area contributed by atoms with Gasteiger partial charge in [-0.15, -0.1) is 6.58 Å². The van der Waals surface area contributed by atoms with Gasteiger partial charge in [0.25, 0.3) is 5.91 Å². The van der Waals surface area contributed by atoms with Crippen molar-refractivity contribution in [3.8, 4) is 0 Å². The highest BCUT2D eigenvalue weighted by molar-refractivity contribution is 9.10. The molecule has 0 N–H and O–H groups in total. The minimum atomic E-state index is -0.0902. The number of hydrogen-bond acceptors (Lipinski definition) is 4. The first-order valence-corrected chi connectivity index (χ1v) is 10.2. The van der Waals surface area contributed by atoms with Crippen LogP contribution in [0.5, 0.6) is 0 Å². The molecule has 1 aliphatic heterocycles. The van der Waals surface area contributed by atoms with Crippen molar-refractivity contribution in [2.75, 3.05) is 29.4 Å². The molecule has 2 aromatic rings. The van der Waals surface area contributed by atoms with E-state index >= 15 is 0 Å². The molecule has 3 rings (SSSR count). The third kappa shape index (κ3) is 4.45. The molecular formula is C22H26BrN3O2. The molecule has 1 fully saturated rings. The number of aromatic nitrogens is 1. The zero-order valence-corrected chi connectivity index (χ0v) is 18.1. The summed E-state index contributed by atoms with van der Waals surface area (Å²) in [7, 11) is 0. The van der Waals surface area contributed by atoms with E-state index in [4.69, 9.17) is 4.74 Å². The number of pyridine rings is 1. The lowest BCUT2D eigenvalue weighted by Crippen LogP contribution is -2.45. The summed E-state index contributed by atoms with van der Waals surface area (Å²) in [5, 5.41) is 0. The number of carbonyl (C=O) groups is 1. The van der Waals surface area contributed by atoms with Crippen molar-refractivity contribution in [2.45, 2.75) is 33.0 Å². The van der Waals surface area contributed by atoms with Crippen LogP contribution < -0.4 is 9.80 Å². The minimum absolute atomic E-state index is 0.0902. The van der Waals surface area contributed by atoms with Gasteiger partial charge in [-0.05, 0) is 66.5 Å². The van der Waals surface area contributed by atoms with Crippen molar-refractivity contribution in [3.63, 3.8) is 0 Å². The van der Waals surface area contributed by atoms with Crippen LogP contribution in [0.4, 0.5) is 11.4 Å². The molecule has 0 radical (unpaired) electrons. The monoisotopic (exact) mass is 443 g/mol. The Morgan fingerprint density at radius 3 is 2.54 bits per heavy atom. The number of nitrogens with zero attached hydrogens (tertiary/aromatic N) is 3. The Hall–Kier alpha value is -2.18. The highest BCUT2D eigenvalue weighted by Crippen LogP contribution is 2.26. The first-order chi connectivity index (χ1) is 13.4. The number of rotatable bonds is 5. The van der Waals surface area contributed by atoms with Crippen molar-refractivity contribution in [2.24, 2.45) is 0 Å². The van der Waals surface area contributed by atoms with Crippen LogP contribution in [0, 0.1) is 6.92 Å². The summed E-state index contributed by atoms with van der Waals surface area (Å²) in [6, 6.07) is 8.11. The quantitative estimate of drug-likeness (QED) is 0.633. The van der Waals surface area contributed by atoms with Crippen molar-refractivity contribution >= 4 is 33.2 Å². The maximum Gasteiger partial charge on any atom is 0.260 e. The lowest BCUT2D eigenvalue weighted by atomic mass is 10.1. The van der Waals surface area contributed by atoms with E-state index in [-0.39, 0.29) is 18.1 Å². The molecule has 1 amide bonds. The molecule has 6 heteroatoms. The first-order valence-electron chi connectivity index (χ1n) is 9.44. The van der Waals surface area contributed by atoms with E-state index in [1.54, 1.807) is 23.4 Å². The van der Waals surface area contributed by atoms with Crippen LogP contribution >= 0.6 is 15.9 Å². The number of carbonyl (C=O) groups excluding carboxylic acids is 1. The van der Waals surface area contributed by atoms with Gasteiger partial charge in [0.1, 0.15) is 0 Å². The molecule has 148 valence electrons. The van der Waals surface area contributed by atoms with Gasteiger partial charge in [0, 0.05) is 47.9 Å². The molecule has 2 unspecified atom stereocenters. The summed E-state index contributed by atoms with van der Waals surface area (Å²) >= 11 is 3.45. The molecule has 0 aliphatic carbocycles. The number of benzene rings is 1. The Morgan fingerprint density at radius 1 is 1.29 bits per heavy atom. The average molecular weight is 444 g/mol. The predicted molar refractivity (Wildman–Crippen MR) is 117 cm³/mol. The third-order valence-corrected chi connectivity index (χ3v) is 5.69. The fourth-order valence-corrected chi connectivity index (χ4v) is 3.86. The lowest BCUT2D eigenvalue weighted by molar-refractivity contribution is -0.00521. The van der Waals surface area contributed by atoms with E-state index in [0.29, 0.717) is 12.1 Å². The Bertz CT molecular complexity index is 843. The van der Waals surface area contributed by atoms with Gasteiger partial charge in [-0.3, -0.25) is 9.78 Å². The Morgan fingerprint density at radius 2 is 1.93 bits per heavy atom. The molecule has 0 bridgehead atoms. The molecule has 28 heavy (non-hydrogen) atoms. The maximum atomic E-state index is 13.2. The summed E-state index contributed by atoms with van der Waals surface area (Å²) < 4.78 is 6.64. The van der Waals surface area contributed by atoms with Gasteiger partial charge in [-0.1, -0.05) is 6.08 Å². The van der Waals surface area contributed by atoms with Gasteiger partial charge >= 0.3 is 0 Å². The van der Waals surface area contributed by atoms with Crippen LogP contribution in [0.1, 0.15) is 29.8 Å². The summed E-state index contributed by atoms with van der Waals surface area (Å²) in [6.07, 6.45) is 5.45. The van der Waals surface area contributed by atoms with Gasteiger partial charge in [0.2, 0.25) is 0 Å². The number of hydrogen-bond donors (Lipinski definition) is 0. The second-order valence-corrected chi connectivity index (χ2v) is 8.03. The SMILES string of the molecule is C=CCN(C(=O)c1cncc(Br)c1C)c1ccc(N2CC(C)OC(C)C2)cc1. The average Bonchev–Trinajstić information content (AvgIpc) is 2.67. The predicted octanol–water partition coefficient (Wildman–Crippen LogP) is 4.60. The Balaban J connectivity index is 1.85. The Kier molecular flexibility index (Phi) is 6.52. The highest BCUT2D eigenvalue weighted by atomic mass is 79.9. The number of morpholine rings is 1. The standard InChI is InChI=1S/C22H26BrN3O2/c1-5-10-26(22(27)20-11-24-12-21(23)17(20)4)19-8-6-18(7-9-19)25-13-15(2)28-16(3)14-25/h5-9,11-12,15-16H,1,10,13-14H2,2-4H3. The second kappa shape index (κ2) is 8.88. The van der Waals surface area contributed by atoms with Crippen molar-refractivity contribution in [3.05, 3.63) is 64.9 Å². The number of halogens is 1. The minimum Gasteiger partial charge on any atom is -0.372 e. The van der Waals surface area contributed by atoms with Crippen molar-refractivity contribution in [1.29, 1.82) is 0 Å². The fourth-order valence-electron chi connectivity index (χ4n) is 3.53. The van der Waals surface area contributed by atoms with E-state index < -0.39 is 0 Å². The number of amides is 1. The van der Waals surface area contributed by atoms with E-state index in [1.807, 2.05) is 19.1 Å². The third-order valence-electron chi connectivity index (χ3n) is 4.89. The summed E-state index contributed by atoms with van der Waals surface area (Å²) in [5.74, 6) is -0.0902. The van der Waals surface area contributed by atoms with Crippen LogP contribution in [0.25, 0.3) is 0 Å². The molecule has 0 saturated carbocycles. The van der Waals surface area contributed by atoms with Crippen molar-refractivity contribution in [1.82, 2.24) is 4.98 Å². The molecular weight excluding hydrogens is 418 g/mol. The number of anilines is 2. The van der Waals surface area contributed by atoms with E-state index in [0.717, 1.165) is 34.5 Å². The van der Waals surface area contributed by atoms with Gasteiger partial charge < -0.3 is 14.5 Å². The first kappa shape index (κ1) is 20.6. The molecule has 1 aliphatic rings. The second-order valence-electron chi connectivity index (χ2n) is 7.18. The van der Waals surface area contributed by atoms with Crippen LogP contribution in [0.2, 0.25) is 0 Å². The Labute approximate surface area is 175 Å². The molecule has 2 atom stereocenters. The van der Waals surface area contributed by atoms with Crippen LogP contribution in [-0.2, 0) is 4.74 Å². The zero-order chi connectivity index (χ0) is 20.3. The van der Waals surface area contributed by atoms with E-state index in [1.165, 1.54) is 0 Å². The van der Waals surface area contributed by atoms with Gasteiger partial charge in [0.05, 0.1) is 17.8 Å². The largest absolute Gasteiger partial charge is 0.372 e. The topological polar surface area (TPSA) is 45.7 Å². The fraction of sp³-hybridized carbons (Fsp3) is 0.364. The van der Waals surface area contributed by atoms with E-state index in [9.17, 15) is 4.79 Å². The van der Waals surface area contributed by atoms with Crippen LogP contribution in [0.3, 0.4) is 0 Å². The van der Waals surface area contributed by atoms with Crippen molar-refractivity contribution < 1.29 is 9.53 Å². The smallest absolute Gasteiger partial charge is 0.260 e. The van der Waals surface area contributed by atoms with E-state index in [2.05, 4.69) is 58.4 Å². The molecule has 0 spiro atoms. The normalized spacial score (nSPS) is 19.4. The molecule has 2 heterocycles. The molecule has 1 aromatic carbocycles. The summed E-state index contributed by atoms with van der Waals surface area (Å²) in [4.78, 5) is 21.4. The summed E-state index contributed by atoms with van der Waals surface area (Å²) in [6.45, 7) is 12.1. The zero-order valence-electron chi connectivity index (χ0n) is 16.6. The van der Waals surface area contributed by atoms with Gasteiger partial charge in [0.15, 0.2) is 0 Å². The van der Waals surface area contributed by atoms with Crippen LogP contribution in [-0.4, -0.2) is 42.7 Å². The van der Waals surface area contributed by atoms with Crippen LogP contribution in [0.15, 0.2) is 53.8 Å². The highest BCUT2D eigenvalue weighted by Gasteiger charge is 2.23. The van der Waals surface area contributed by atoms with Gasteiger partial charge in [-0.25, -0.2) is 0 Å². The molecule has 5 nitrogen and oxygen atoms in total. The summed E-state index contributed by atoms with van der Waals surface area (Å²) in [5.41, 5.74) is 3.43. The number of ether oxygens (including phenoxy) is 1. The maximum absolute atomic E-state index is 13.2. The molecule has 1 aromatic heterocycles. The lowest BCUT2D eigenvalue weighted by Gasteiger charge is -2.37. The molecule has 1 saturated heterocycles.